The highest BCUT2D eigenvalue weighted by Crippen LogP contribution is 2.29. The number of para-hydroxylation sites is 2. The molecule has 0 saturated heterocycles. The summed E-state index contributed by atoms with van der Waals surface area (Å²) in [6.45, 7) is 6.17. The van der Waals surface area contributed by atoms with Crippen molar-refractivity contribution < 1.29 is 18.0 Å². The number of carbonyl (C=O) groups is 1. The number of halogens is 3. The van der Waals surface area contributed by atoms with E-state index in [1.54, 1.807) is 11.2 Å². The first-order valence-corrected chi connectivity index (χ1v) is 11.1. The molecular formula is C27H26F3N3O. The first-order chi connectivity index (χ1) is 16.1. The maximum atomic E-state index is 13.7. The fourth-order valence-corrected chi connectivity index (χ4v) is 3.99. The molecular weight excluding hydrogens is 439 g/mol. The minimum Gasteiger partial charge on any atom is -0.318 e. The zero-order chi connectivity index (χ0) is 24.5. The third kappa shape index (κ3) is 4.83. The standard InChI is InChI=1S/C27H26F3N3O/c1-18-8-13-23(16-19(18)2)32(15-14-21-9-11-22(12-10-21)27(28,29)30)26(34)20(3)33-17-31-24-6-4-5-7-25(24)33/h4-13,16-17,20H,14-15H2,1-3H3/t20-/m0/s1. The van der Waals surface area contributed by atoms with E-state index >= 15 is 0 Å². The van der Waals surface area contributed by atoms with Crippen LogP contribution in [0.2, 0.25) is 0 Å². The summed E-state index contributed by atoms with van der Waals surface area (Å²) in [6.07, 6.45) is -2.28. The fourth-order valence-electron chi connectivity index (χ4n) is 3.99. The van der Waals surface area contributed by atoms with Crippen LogP contribution in [0.5, 0.6) is 0 Å². The van der Waals surface area contributed by atoms with Crippen molar-refractivity contribution in [2.45, 2.75) is 39.4 Å². The van der Waals surface area contributed by atoms with Crippen LogP contribution in [-0.2, 0) is 17.4 Å². The van der Waals surface area contributed by atoms with Gasteiger partial charge in [-0.15, -0.1) is 0 Å². The van der Waals surface area contributed by atoms with Gasteiger partial charge in [-0.3, -0.25) is 4.79 Å². The van der Waals surface area contributed by atoms with Crippen molar-refractivity contribution >= 4 is 22.6 Å². The van der Waals surface area contributed by atoms with Gasteiger partial charge in [0.2, 0.25) is 5.91 Å². The summed E-state index contributed by atoms with van der Waals surface area (Å²) in [5.74, 6) is -0.113. The molecule has 1 amide bonds. The van der Waals surface area contributed by atoms with E-state index in [1.165, 1.54) is 12.1 Å². The van der Waals surface area contributed by atoms with Crippen LogP contribution in [0.1, 0.15) is 35.2 Å². The highest BCUT2D eigenvalue weighted by atomic mass is 19.4. The van der Waals surface area contributed by atoms with E-state index in [9.17, 15) is 18.0 Å². The first-order valence-electron chi connectivity index (χ1n) is 11.1. The number of aryl methyl sites for hydroxylation is 2. The molecule has 0 aliphatic rings. The number of benzene rings is 3. The van der Waals surface area contributed by atoms with E-state index in [0.29, 0.717) is 13.0 Å². The van der Waals surface area contributed by atoms with Gasteiger partial charge in [0.05, 0.1) is 22.9 Å². The minimum atomic E-state index is -4.37. The molecule has 34 heavy (non-hydrogen) atoms. The van der Waals surface area contributed by atoms with Gasteiger partial charge in [0.1, 0.15) is 6.04 Å². The van der Waals surface area contributed by atoms with Crippen LogP contribution in [-0.4, -0.2) is 22.0 Å². The van der Waals surface area contributed by atoms with Crippen molar-refractivity contribution in [2.75, 3.05) is 11.4 Å². The van der Waals surface area contributed by atoms with Crippen LogP contribution in [0.15, 0.2) is 73.1 Å². The van der Waals surface area contributed by atoms with Crippen LogP contribution in [0.25, 0.3) is 11.0 Å². The fraction of sp³-hybridized carbons (Fsp3) is 0.259. The number of rotatable bonds is 6. The number of aromatic nitrogens is 2. The summed E-state index contributed by atoms with van der Waals surface area (Å²) < 4.78 is 40.6. The van der Waals surface area contributed by atoms with Crippen molar-refractivity contribution in [1.29, 1.82) is 0 Å². The number of fused-ring (bicyclic) bond motifs is 1. The number of amides is 1. The van der Waals surface area contributed by atoms with Crippen LogP contribution < -0.4 is 4.90 Å². The molecule has 0 unspecified atom stereocenters. The third-order valence-electron chi connectivity index (χ3n) is 6.23. The van der Waals surface area contributed by atoms with Gasteiger partial charge in [0.15, 0.2) is 0 Å². The molecule has 4 nitrogen and oxygen atoms in total. The molecule has 4 aromatic rings. The van der Waals surface area contributed by atoms with E-state index in [1.807, 2.05) is 67.8 Å². The monoisotopic (exact) mass is 465 g/mol. The van der Waals surface area contributed by atoms with Crippen LogP contribution in [0, 0.1) is 13.8 Å². The molecule has 176 valence electrons. The number of alkyl halides is 3. The molecule has 4 rings (SSSR count). The van der Waals surface area contributed by atoms with Gasteiger partial charge >= 0.3 is 6.18 Å². The zero-order valence-electron chi connectivity index (χ0n) is 19.3. The summed E-state index contributed by atoms with van der Waals surface area (Å²) >= 11 is 0. The van der Waals surface area contributed by atoms with Gasteiger partial charge in [0.25, 0.3) is 0 Å². The molecule has 7 heteroatoms. The van der Waals surface area contributed by atoms with Gasteiger partial charge in [0, 0.05) is 12.2 Å². The molecule has 1 heterocycles. The lowest BCUT2D eigenvalue weighted by atomic mass is 10.1. The number of carbonyl (C=O) groups excluding carboxylic acids is 1. The van der Waals surface area contributed by atoms with Crippen molar-refractivity contribution in [3.63, 3.8) is 0 Å². The summed E-state index contributed by atoms with van der Waals surface area (Å²) in [6, 6.07) is 18.1. The summed E-state index contributed by atoms with van der Waals surface area (Å²) in [5.41, 5.74) is 4.67. The van der Waals surface area contributed by atoms with Crippen LogP contribution in [0.4, 0.5) is 18.9 Å². The molecule has 0 radical (unpaired) electrons. The maximum absolute atomic E-state index is 13.7. The summed E-state index contributed by atoms with van der Waals surface area (Å²) in [5, 5.41) is 0. The molecule has 0 aliphatic heterocycles. The molecule has 0 spiro atoms. The van der Waals surface area contributed by atoms with E-state index in [4.69, 9.17) is 0 Å². The molecule has 0 fully saturated rings. The quantitative estimate of drug-likeness (QED) is 0.326. The van der Waals surface area contributed by atoms with Gasteiger partial charge in [-0.2, -0.15) is 13.2 Å². The average Bonchev–Trinajstić information content (AvgIpc) is 3.24. The second-order valence-electron chi connectivity index (χ2n) is 8.52. The van der Waals surface area contributed by atoms with Gasteiger partial charge in [-0.05, 0) is 80.3 Å². The Kier molecular flexibility index (Phi) is 6.46. The van der Waals surface area contributed by atoms with E-state index in [0.717, 1.165) is 45.5 Å². The number of anilines is 1. The number of hydrogen-bond acceptors (Lipinski definition) is 2. The predicted octanol–water partition coefficient (Wildman–Crippen LogP) is 6.51. The SMILES string of the molecule is Cc1ccc(N(CCc2ccc(C(F)(F)F)cc2)C(=O)[C@H](C)n2cnc3ccccc32)cc1C. The lowest BCUT2D eigenvalue weighted by molar-refractivity contribution is -0.137. The zero-order valence-corrected chi connectivity index (χ0v) is 19.3. The highest BCUT2D eigenvalue weighted by Gasteiger charge is 2.30. The lowest BCUT2D eigenvalue weighted by Crippen LogP contribution is -2.37. The molecule has 1 atom stereocenters. The lowest BCUT2D eigenvalue weighted by Gasteiger charge is -2.27. The molecule has 0 bridgehead atoms. The summed E-state index contributed by atoms with van der Waals surface area (Å²) in [7, 11) is 0. The second kappa shape index (κ2) is 9.33. The Morgan fingerprint density at radius 2 is 1.71 bits per heavy atom. The topological polar surface area (TPSA) is 38.1 Å². The van der Waals surface area contributed by atoms with Crippen LogP contribution >= 0.6 is 0 Å². The first kappa shape index (κ1) is 23.5. The number of imidazole rings is 1. The normalized spacial score (nSPS) is 12.6. The number of nitrogens with zero attached hydrogens (tertiary/aromatic N) is 3. The van der Waals surface area contributed by atoms with E-state index in [-0.39, 0.29) is 5.91 Å². The highest BCUT2D eigenvalue weighted by molar-refractivity contribution is 5.97. The van der Waals surface area contributed by atoms with E-state index in [2.05, 4.69) is 4.98 Å². The Hall–Kier alpha value is -3.61. The van der Waals surface area contributed by atoms with Gasteiger partial charge in [-0.1, -0.05) is 30.3 Å². The van der Waals surface area contributed by atoms with E-state index < -0.39 is 17.8 Å². The van der Waals surface area contributed by atoms with Crippen molar-refractivity contribution in [3.8, 4) is 0 Å². The molecule has 3 aromatic carbocycles. The number of hydrogen-bond donors (Lipinski definition) is 0. The Labute approximate surface area is 196 Å². The van der Waals surface area contributed by atoms with Crippen molar-refractivity contribution in [2.24, 2.45) is 0 Å². The van der Waals surface area contributed by atoms with Gasteiger partial charge < -0.3 is 9.47 Å². The second-order valence-corrected chi connectivity index (χ2v) is 8.52. The molecule has 1 aromatic heterocycles. The third-order valence-corrected chi connectivity index (χ3v) is 6.23. The van der Waals surface area contributed by atoms with Crippen molar-refractivity contribution in [3.05, 3.63) is 95.3 Å². The molecule has 0 saturated carbocycles. The summed E-state index contributed by atoms with van der Waals surface area (Å²) in [4.78, 5) is 19.8. The Morgan fingerprint density at radius 3 is 2.38 bits per heavy atom. The Morgan fingerprint density at radius 1 is 1.00 bits per heavy atom. The minimum absolute atomic E-state index is 0.113. The predicted molar refractivity (Wildman–Crippen MR) is 128 cm³/mol. The Bertz CT molecular complexity index is 1310. The Balaban J connectivity index is 1.62. The average molecular weight is 466 g/mol. The van der Waals surface area contributed by atoms with Gasteiger partial charge in [-0.25, -0.2) is 4.98 Å². The largest absolute Gasteiger partial charge is 0.416 e. The molecule has 0 aliphatic carbocycles. The van der Waals surface area contributed by atoms with Crippen LogP contribution in [0.3, 0.4) is 0 Å². The smallest absolute Gasteiger partial charge is 0.318 e. The maximum Gasteiger partial charge on any atom is 0.416 e. The van der Waals surface area contributed by atoms with Crippen molar-refractivity contribution in [1.82, 2.24) is 9.55 Å². The molecule has 0 N–H and O–H groups in total.